The second kappa shape index (κ2) is 8.18. The zero-order chi connectivity index (χ0) is 17.7. The van der Waals surface area contributed by atoms with Crippen molar-refractivity contribution in [1.82, 2.24) is 5.32 Å². The van der Waals surface area contributed by atoms with Gasteiger partial charge in [-0.1, -0.05) is 25.2 Å². The summed E-state index contributed by atoms with van der Waals surface area (Å²) in [6, 6.07) is 0. The highest BCUT2D eigenvalue weighted by Gasteiger charge is 2.31. The van der Waals surface area contributed by atoms with Crippen LogP contribution in [0.5, 0.6) is 0 Å². The molecule has 2 aliphatic rings. The maximum atomic E-state index is 14.5. The average Bonchev–Trinajstić information content (AvgIpc) is 2.55. The SMILES string of the molecule is CC1=CCCC(CC2C=CC(CCC=O)=C(F)C2C)C(=O)NC1=O. The van der Waals surface area contributed by atoms with Crippen LogP contribution in [0.15, 0.2) is 35.2 Å². The summed E-state index contributed by atoms with van der Waals surface area (Å²) in [6.45, 7) is 3.50. The molecule has 0 aromatic rings. The van der Waals surface area contributed by atoms with Crippen LogP contribution in [0, 0.1) is 17.8 Å². The predicted octanol–water partition coefficient (Wildman–Crippen LogP) is 3.40. The lowest BCUT2D eigenvalue weighted by molar-refractivity contribution is -0.132. The average molecular weight is 333 g/mol. The Morgan fingerprint density at radius 1 is 1.38 bits per heavy atom. The molecule has 2 amide bonds. The van der Waals surface area contributed by atoms with Crippen molar-refractivity contribution >= 4 is 18.1 Å². The molecular weight excluding hydrogens is 309 g/mol. The smallest absolute Gasteiger partial charge is 0.253 e. The minimum Gasteiger partial charge on any atom is -0.303 e. The Labute approximate surface area is 141 Å². The number of carbonyl (C=O) groups is 3. The van der Waals surface area contributed by atoms with Crippen LogP contribution in [0.4, 0.5) is 4.39 Å². The first-order valence-electron chi connectivity index (χ1n) is 8.46. The summed E-state index contributed by atoms with van der Waals surface area (Å²) in [5, 5.41) is 2.42. The van der Waals surface area contributed by atoms with E-state index >= 15 is 0 Å². The summed E-state index contributed by atoms with van der Waals surface area (Å²) < 4.78 is 14.5. The zero-order valence-electron chi connectivity index (χ0n) is 14.2. The molecule has 130 valence electrons. The van der Waals surface area contributed by atoms with Gasteiger partial charge in [-0.05, 0) is 44.1 Å². The van der Waals surface area contributed by atoms with Crippen LogP contribution < -0.4 is 5.32 Å². The van der Waals surface area contributed by atoms with Crippen molar-refractivity contribution in [2.45, 2.75) is 46.0 Å². The number of amides is 2. The Morgan fingerprint density at radius 3 is 2.83 bits per heavy atom. The van der Waals surface area contributed by atoms with Gasteiger partial charge in [0.05, 0.1) is 0 Å². The van der Waals surface area contributed by atoms with Gasteiger partial charge in [0.15, 0.2) is 0 Å². The fourth-order valence-corrected chi connectivity index (χ4v) is 3.26. The van der Waals surface area contributed by atoms with Gasteiger partial charge in [0.2, 0.25) is 5.91 Å². The summed E-state index contributed by atoms with van der Waals surface area (Å²) in [6.07, 6.45) is 8.85. The van der Waals surface area contributed by atoms with Crippen LogP contribution in [0.1, 0.15) is 46.0 Å². The summed E-state index contributed by atoms with van der Waals surface area (Å²) in [7, 11) is 0. The number of nitrogens with one attached hydrogen (secondary N) is 1. The molecular formula is C19H24FNO3. The lowest BCUT2D eigenvalue weighted by Gasteiger charge is -2.28. The molecule has 4 nitrogen and oxygen atoms in total. The number of halogens is 1. The van der Waals surface area contributed by atoms with Crippen LogP contribution in [0.25, 0.3) is 0 Å². The van der Waals surface area contributed by atoms with Gasteiger partial charge in [-0.3, -0.25) is 14.9 Å². The third-order valence-corrected chi connectivity index (χ3v) is 4.91. The molecule has 1 aliphatic heterocycles. The summed E-state index contributed by atoms with van der Waals surface area (Å²) >= 11 is 0. The number of hydrogen-bond acceptors (Lipinski definition) is 3. The number of carbonyl (C=O) groups excluding carboxylic acids is 3. The molecule has 0 aromatic carbocycles. The van der Waals surface area contributed by atoms with Gasteiger partial charge in [-0.25, -0.2) is 4.39 Å². The van der Waals surface area contributed by atoms with Crippen LogP contribution in [0.3, 0.4) is 0 Å². The number of rotatable bonds is 5. The lowest BCUT2D eigenvalue weighted by Crippen LogP contribution is -2.38. The van der Waals surface area contributed by atoms with Gasteiger partial charge in [-0.15, -0.1) is 0 Å². The van der Waals surface area contributed by atoms with Gasteiger partial charge in [0, 0.05) is 23.8 Å². The number of allylic oxidation sites excluding steroid dienone is 5. The molecule has 24 heavy (non-hydrogen) atoms. The third kappa shape index (κ3) is 4.28. The van der Waals surface area contributed by atoms with Crippen molar-refractivity contribution in [1.29, 1.82) is 0 Å². The number of aldehydes is 1. The zero-order valence-corrected chi connectivity index (χ0v) is 14.2. The maximum absolute atomic E-state index is 14.5. The molecule has 2 rings (SSSR count). The molecule has 0 radical (unpaired) electrons. The van der Waals surface area contributed by atoms with Crippen molar-refractivity contribution in [2.24, 2.45) is 17.8 Å². The molecule has 0 aromatic heterocycles. The maximum Gasteiger partial charge on any atom is 0.253 e. The van der Waals surface area contributed by atoms with Gasteiger partial charge in [-0.2, -0.15) is 0 Å². The predicted molar refractivity (Wildman–Crippen MR) is 89.5 cm³/mol. The van der Waals surface area contributed by atoms with Crippen molar-refractivity contribution in [2.75, 3.05) is 0 Å². The third-order valence-electron chi connectivity index (χ3n) is 4.91. The summed E-state index contributed by atoms with van der Waals surface area (Å²) in [4.78, 5) is 34.5. The molecule has 0 bridgehead atoms. The molecule has 0 spiro atoms. The van der Waals surface area contributed by atoms with Crippen molar-refractivity contribution in [3.63, 3.8) is 0 Å². The van der Waals surface area contributed by atoms with Crippen LogP contribution in [-0.2, 0) is 14.4 Å². The highest BCUT2D eigenvalue weighted by Crippen LogP contribution is 2.37. The minimum absolute atomic E-state index is 0.0830. The Bertz CT molecular complexity index is 618. The first kappa shape index (κ1) is 18.3. The first-order valence-corrected chi connectivity index (χ1v) is 8.46. The number of hydrogen-bond donors (Lipinski definition) is 1. The van der Waals surface area contributed by atoms with Crippen molar-refractivity contribution in [3.8, 4) is 0 Å². The van der Waals surface area contributed by atoms with Gasteiger partial charge in [0.1, 0.15) is 12.1 Å². The van der Waals surface area contributed by atoms with E-state index in [-0.39, 0.29) is 35.4 Å². The Hall–Kier alpha value is -2.04. The van der Waals surface area contributed by atoms with E-state index in [1.165, 1.54) is 0 Å². The second-order valence-corrected chi connectivity index (χ2v) is 6.61. The fraction of sp³-hybridized carbons (Fsp3) is 0.526. The fourth-order valence-electron chi connectivity index (χ4n) is 3.26. The second-order valence-electron chi connectivity index (χ2n) is 6.61. The molecule has 1 heterocycles. The first-order chi connectivity index (χ1) is 11.4. The minimum atomic E-state index is -0.348. The van der Waals surface area contributed by atoms with Crippen molar-refractivity contribution < 1.29 is 18.8 Å². The van der Waals surface area contributed by atoms with Gasteiger partial charge >= 0.3 is 0 Å². The summed E-state index contributed by atoms with van der Waals surface area (Å²) in [5.74, 6) is -1.52. The molecule has 0 saturated heterocycles. The van der Waals surface area contributed by atoms with E-state index in [2.05, 4.69) is 5.32 Å². The lowest BCUT2D eigenvalue weighted by atomic mass is 9.78. The van der Waals surface area contributed by atoms with E-state index in [4.69, 9.17) is 0 Å². The Morgan fingerprint density at radius 2 is 2.12 bits per heavy atom. The number of imide groups is 1. The van der Waals surface area contributed by atoms with Gasteiger partial charge in [0.25, 0.3) is 5.91 Å². The van der Waals surface area contributed by atoms with Crippen LogP contribution in [0.2, 0.25) is 0 Å². The van der Waals surface area contributed by atoms with E-state index < -0.39 is 0 Å². The quantitative estimate of drug-likeness (QED) is 0.619. The van der Waals surface area contributed by atoms with E-state index in [1.807, 2.05) is 12.2 Å². The highest BCUT2D eigenvalue weighted by atomic mass is 19.1. The van der Waals surface area contributed by atoms with Crippen molar-refractivity contribution in [3.05, 3.63) is 35.2 Å². The molecule has 0 saturated carbocycles. The van der Waals surface area contributed by atoms with Crippen LogP contribution in [-0.4, -0.2) is 18.1 Å². The normalized spacial score (nSPS) is 28.1. The standard InChI is InChI=1S/C19H24FNO3/c1-12-5-3-6-16(19(24)21-18(12)23)11-15-9-8-14(7-4-10-22)17(20)13(15)2/h5,8-10,13,15-16H,3-4,6-7,11H2,1-2H3,(H,21,23,24). The van der Waals surface area contributed by atoms with Gasteiger partial charge < -0.3 is 4.79 Å². The molecule has 5 heteroatoms. The largest absolute Gasteiger partial charge is 0.303 e. The topological polar surface area (TPSA) is 63.2 Å². The molecule has 0 fully saturated rings. The summed E-state index contributed by atoms with van der Waals surface area (Å²) in [5.41, 5.74) is 1.13. The van der Waals surface area contributed by atoms with E-state index in [9.17, 15) is 18.8 Å². The molecule has 3 atom stereocenters. The van der Waals surface area contributed by atoms with E-state index in [0.717, 1.165) is 6.29 Å². The highest BCUT2D eigenvalue weighted by molar-refractivity contribution is 6.04. The molecule has 1 N–H and O–H groups in total. The molecule has 1 aliphatic carbocycles. The van der Waals surface area contributed by atoms with E-state index in [0.29, 0.717) is 43.3 Å². The van der Waals surface area contributed by atoms with Crippen LogP contribution >= 0.6 is 0 Å². The molecule has 3 unspecified atom stereocenters. The monoisotopic (exact) mass is 333 g/mol. The Balaban J connectivity index is 2.05. The van der Waals surface area contributed by atoms with E-state index in [1.54, 1.807) is 19.9 Å². The Kier molecular flexibility index (Phi) is 6.23.